The molecule has 9 nitrogen and oxygen atoms in total. The van der Waals surface area contributed by atoms with E-state index < -0.39 is 34.0 Å². The highest BCUT2D eigenvalue weighted by molar-refractivity contribution is 7.89. The highest BCUT2D eigenvalue weighted by atomic mass is 32.2. The van der Waals surface area contributed by atoms with Crippen molar-refractivity contribution in [1.82, 2.24) is 14.5 Å². The average molecular weight is 560 g/mol. The van der Waals surface area contributed by atoms with Crippen molar-refractivity contribution in [2.24, 2.45) is 0 Å². The topological polar surface area (TPSA) is 105 Å². The van der Waals surface area contributed by atoms with Crippen LogP contribution in [0.1, 0.15) is 44.2 Å². The van der Waals surface area contributed by atoms with E-state index in [-0.39, 0.29) is 17.9 Å². The minimum atomic E-state index is -3.85. The normalized spacial score (nSPS) is 16.7. The predicted molar refractivity (Wildman–Crippen MR) is 150 cm³/mol. The number of ether oxygens (including phenoxy) is 2. The molecule has 1 aliphatic rings. The van der Waals surface area contributed by atoms with Crippen molar-refractivity contribution in [3.8, 4) is 5.75 Å². The number of nitrogens with zero attached hydrogens (tertiary/aromatic N) is 2. The standard InChI is InChI=1S/C29H41N3O6S/c1-5-31(6-2)18-8-20-38-24-14-12-23(13-15-24)21-26(29(34)37-4)30-28(33)27-9-7-19-32(27)39(35,36)25-16-10-22(3)11-17-25/h10-17,26-27H,5-9,18-21H2,1-4H3,(H,30,33)/t26-,27-/m0/s1. The molecule has 2 aromatic rings. The van der Waals surface area contributed by atoms with Crippen LogP contribution in [-0.4, -0.2) is 81.5 Å². The van der Waals surface area contributed by atoms with Gasteiger partial charge in [-0.25, -0.2) is 13.2 Å². The molecule has 0 aliphatic carbocycles. The Kier molecular flexibility index (Phi) is 11.3. The van der Waals surface area contributed by atoms with Gasteiger partial charge in [0.2, 0.25) is 15.9 Å². The number of carbonyl (C=O) groups excluding carboxylic acids is 2. The summed E-state index contributed by atoms with van der Waals surface area (Å²) in [7, 11) is -2.59. The molecule has 1 heterocycles. The molecule has 0 spiro atoms. The first-order valence-electron chi connectivity index (χ1n) is 13.6. The number of hydrogen-bond donors (Lipinski definition) is 1. The fourth-order valence-corrected chi connectivity index (χ4v) is 6.37. The number of rotatable bonds is 14. The van der Waals surface area contributed by atoms with Gasteiger partial charge in [0.1, 0.15) is 17.8 Å². The molecule has 2 atom stereocenters. The molecule has 1 amide bonds. The second-order valence-electron chi connectivity index (χ2n) is 9.75. The van der Waals surface area contributed by atoms with Gasteiger partial charge in [-0.1, -0.05) is 43.7 Å². The van der Waals surface area contributed by atoms with Crippen LogP contribution >= 0.6 is 0 Å². The summed E-state index contributed by atoms with van der Waals surface area (Å²) in [5.41, 5.74) is 1.76. The molecule has 1 N–H and O–H groups in total. The lowest BCUT2D eigenvalue weighted by atomic mass is 10.0. The van der Waals surface area contributed by atoms with Gasteiger partial charge in [0.25, 0.3) is 0 Å². The first-order chi connectivity index (χ1) is 18.7. The van der Waals surface area contributed by atoms with Crippen LogP contribution in [0.3, 0.4) is 0 Å². The third-order valence-corrected chi connectivity index (χ3v) is 9.00. The summed E-state index contributed by atoms with van der Waals surface area (Å²) in [4.78, 5) is 28.3. The molecular formula is C29H41N3O6S. The van der Waals surface area contributed by atoms with Crippen LogP contribution in [0.15, 0.2) is 53.4 Å². The van der Waals surface area contributed by atoms with E-state index in [4.69, 9.17) is 9.47 Å². The molecule has 0 saturated carbocycles. The Labute approximate surface area is 232 Å². The third kappa shape index (κ3) is 8.27. The Morgan fingerprint density at radius 3 is 2.36 bits per heavy atom. The van der Waals surface area contributed by atoms with E-state index in [9.17, 15) is 18.0 Å². The second-order valence-corrected chi connectivity index (χ2v) is 11.6. The molecule has 3 rings (SSSR count). The van der Waals surface area contributed by atoms with Crippen LogP contribution in [0.25, 0.3) is 0 Å². The van der Waals surface area contributed by atoms with Gasteiger partial charge in [-0.2, -0.15) is 4.31 Å². The van der Waals surface area contributed by atoms with Crippen molar-refractivity contribution >= 4 is 21.9 Å². The predicted octanol–water partition coefficient (Wildman–Crippen LogP) is 3.16. The number of nitrogens with one attached hydrogen (secondary N) is 1. The zero-order valence-corrected chi connectivity index (χ0v) is 24.2. The number of amides is 1. The smallest absolute Gasteiger partial charge is 0.328 e. The molecule has 1 aliphatic heterocycles. The van der Waals surface area contributed by atoms with Gasteiger partial charge < -0.3 is 19.7 Å². The molecule has 1 fully saturated rings. The van der Waals surface area contributed by atoms with Crippen molar-refractivity contribution in [3.63, 3.8) is 0 Å². The minimum absolute atomic E-state index is 0.146. The summed E-state index contributed by atoms with van der Waals surface area (Å²) < 4.78 is 38.5. The monoisotopic (exact) mass is 559 g/mol. The fraction of sp³-hybridized carbons (Fsp3) is 0.517. The summed E-state index contributed by atoms with van der Waals surface area (Å²) in [5, 5.41) is 2.74. The molecule has 0 unspecified atom stereocenters. The van der Waals surface area contributed by atoms with Crippen LogP contribution in [0.2, 0.25) is 0 Å². The molecule has 0 bridgehead atoms. The van der Waals surface area contributed by atoms with Gasteiger partial charge in [0.05, 0.1) is 18.6 Å². The van der Waals surface area contributed by atoms with Gasteiger partial charge >= 0.3 is 5.97 Å². The lowest BCUT2D eigenvalue weighted by molar-refractivity contribution is -0.145. The van der Waals surface area contributed by atoms with Crippen LogP contribution in [0, 0.1) is 6.92 Å². The molecule has 2 aromatic carbocycles. The molecule has 0 aromatic heterocycles. The van der Waals surface area contributed by atoms with Crippen LogP contribution in [0.5, 0.6) is 5.75 Å². The third-order valence-electron chi connectivity index (χ3n) is 7.08. The highest BCUT2D eigenvalue weighted by Gasteiger charge is 2.40. The van der Waals surface area contributed by atoms with Crippen molar-refractivity contribution in [3.05, 3.63) is 59.7 Å². The Balaban J connectivity index is 1.62. The van der Waals surface area contributed by atoms with E-state index in [2.05, 4.69) is 24.1 Å². The summed E-state index contributed by atoms with van der Waals surface area (Å²) in [6.45, 7) is 10.0. The van der Waals surface area contributed by atoms with E-state index in [1.165, 1.54) is 11.4 Å². The van der Waals surface area contributed by atoms with Gasteiger partial charge in [-0.15, -0.1) is 0 Å². The molecule has 0 radical (unpaired) electrons. The van der Waals surface area contributed by atoms with Gasteiger partial charge in [0.15, 0.2) is 0 Å². The number of benzene rings is 2. The number of esters is 1. The number of sulfonamides is 1. The van der Waals surface area contributed by atoms with Crippen molar-refractivity contribution in [1.29, 1.82) is 0 Å². The second kappa shape index (κ2) is 14.4. The SMILES string of the molecule is CCN(CC)CCCOc1ccc(C[C@H](NC(=O)[C@@H]2CCCN2S(=O)(=O)c2ccc(C)cc2)C(=O)OC)cc1. The molecule has 214 valence electrons. The van der Waals surface area contributed by atoms with Gasteiger partial charge in [-0.05, 0) is 69.1 Å². The lowest BCUT2D eigenvalue weighted by Crippen LogP contribution is -2.51. The largest absolute Gasteiger partial charge is 0.494 e. The van der Waals surface area contributed by atoms with Crippen LogP contribution in [-0.2, 0) is 30.8 Å². The Morgan fingerprint density at radius 1 is 1.08 bits per heavy atom. The number of methoxy groups -OCH3 is 1. The van der Waals surface area contributed by atoms with E-state index in [0.29, 0.717) is 19.4 Å². The zero-order valence-electron chi connectivity index (χ0n) is 23.4. The maximum absolute atomic E-state index is 13.3. The van der Waals surface area contributed by atoms with Crippen LogP contribution in [0.4, 0.5) is 0 Å². The fourth-order valence-electron chi connectivity index (χ4n) is 4.71. The Morgan fingerprint density at radius 2 is 1.74 bits per heavy atom. The van der Waals surface area contributed by atoms with Crippen molar-refractivity contribution in [2.45, 2.75) is 63.4 Å². The van der Waals surface area contributed by atoms with E-state index in [1.807, 2.05) is 31.2 Å². The summed E-state index contributed by atoms with van der Waals surface area (Å²) in [5.74, 6) is -0.363. The zero-order chi connectivity index (χ0) is 28.4. The lowest BCUT2D eigenvalue weighted by Gasteiger charge is -2.25. The van der Waals surface area contributed by atoms with Crippen molar-refractivity contribution in [2.75, 3.05) is 39.9 Å². The van der Waals surface area contributed by atoms with E-state index >= 15 is 0 Å². The molecule has 1 saturated heterocycles. The highest BCUT2D eigenvalue weighted by Crippen LogP contribution is 2.27. The molecule has 39 heavy (non-hydrogen) atoms. The summed E-state index contributed by atoms with van der Waals surface area (Å²) in [6.07, 6.45) is 2.07. The van der Waals surface area contributed by atoms with Gasteiger partial charge in [-0.3, -0.25) is 4.79 Å². The summed E-state index contributed by atoms with van der Waals surface area (Å²) in [6, 6.07) is 12.1. The average Bonchev–Trinajstić information content (AvgIpc) is 3.45. The van der Waals surface area contributed by atoms with Crippen molar-refractivity contribution < 1.29 is 27.5 Å². The minimum Gasteiger partial charge on any atom is -0.494 e. The Bertz CT molecular complexity index is 1180. The first kappa shape index (κ1) is 30.6. The van der Waals surface area contributed by atoms with E-state index in [1.54, 1.807) is 24.3 Å². The Hall–Kier alpha value is -2.95. The van der Waals surface area contributed by atoms with E-state index in [0.717, 1.165) is 42.9 Å². The quantitative estimate of drug-likeness (QED) is 0.280. The molecular weight excluding hydrogens is 518 g/mol. The maximum atomic E-state index is 13.3. The maximum Gasteiger partial charge on any atom is 0.328 e. The van der Waals surface area contributed by atoms with Gasteiger partial charge in [0, 0.05) is 19.5 Å². The van der Waals surface area contributed by atoms with Crippen LogP contribution < -0.4 is 10.1 Å². The number of carbonyl (C=O) groups is 2. The number of aryl methyl sites for hydroxylation is 1. The first-order valence-corrected chi connectivity index (χ1v) is 15.0. The molecule has 10 heteroatoms. The number of hydrogen-bond acceptors (Lipinski definition) is 7. The summed E-state index contributed by atoms with van der Waals surface area (Å²) >= 11 is 0.